The number of nitrogens with zero attached hydrogens (tertiary/aromatic N) is 2. The van der Waals surface area contributed by atoms with Crippen LogP contribution < -0.4 is 9.47 Å². The lowest BCUT2D eigenvalue weighted by molar-refractivity contribution is -0.129. The molecule has 1 N–H and O–H groups in total. The number of aliphatic hydroxyl groups is 1. The van der Waals surface area contributed by atoms with Crippen LogP contribution in [0.5, 0.6) is 11.5 Å². The number of furan rings is 1. The fourth-order valence-corrected chi connectivity index (χ4v) is 3.52. The zero-order chi connectivity index (χ0) is 22.7. The van der Waals surface area contributed by atoms with E-state index in [1.165, 1.54) is 24.3 Å². The predicted molar refractivity (Wildman–Crippen MR) is 114 cm³/mol. The molecule has 1 atom stereocenters. The molecule has 2 aromatic rings. The first kappa shape index (κ1) is 22.4. The molecule has 3 rings (SSSR count). The van der Waals surface area contributed by atoms with Crippen molar-refractivity contribution in [1.82, 2.24) is 9.80 Å². The molecule has 1 aromatic heterocycles. The largest absolute Gasteiger partial charge is 0.503 e. The van der Waals surface area contributed by atoms with Gasteiger partial charge in [0.25, 0.3) is 5.91 Å². The van der Waals surface area contributed by atoms with Crippen LogP contribution in [-0.4, -0.2) is 67.0 Å². The Morgan fingerprint density at radius 3 is 2.58 bits per heavy atom. The lowest BCUT2D eigenvalue weighted by atomic mass is 9.94. The minimum atomic E-state index is -0.785. The summed E-state index contributed by atoms with van der Waals surface area (Å²) < 4.78 is 16.5. The second-order valence-corrected chi connectivity index (χ2v) is 7.85. The van der Waals surface area contributed by atoms with Crippen molar-refractivity contribution in [3.8, 4) is 11.5 Å². The molecule has 2 heterocycles. The summed E-state index contributed by atoms with van der Waals surface area (Å²) in [5, 5.41) is 10.7. The van der Waals surface area contributed by atoms with Gasteiger partial charge in [-0.1, -0.05) is 6.07 Å². The summed E-state index contributed by atoms with van der Waals surface area (Å²) in [6.07, 6.45) is 1.33. The third kappa shape index (κ3) is 4.59. The number of ketones is 1. The van der Waals surface area contributed by atoms with E-state index in [4.69, 9.17) is 13.9 Å². The highest BCUT2D eigenvalue weighted by Crippen LogP contribution is 2.41. The Hall–Kier alpha value is -3.26. The van der Waals surface area contributed by atoms with E-state index >= 15 is 0 Å². The zero-order valence-electron chi connectivity index (χ0n) is 18.4. The standard InChI is InChI=1S/C23H28N2O6/c1-14(2)31-16-9-8-15(13-18(16)29-5)20-19(21(26)17-7-6-12-30-17)22(27)23(28)25(20)11-10-24(3)4/h6-9,12-14,20,27H,10-11H2,1-5H3. The third-order valence-corrected chi connectivity index (χ3v) is 4.95. The molecule has 1 aromatic carbocycles. The minimum Gasteiger partial charge on any atom is -0.503 e. The van der Waals surface area contributed by atoms with E-state index in [-0.39, 0.29) is 17.4 Å². The molecule has 0 aliphatic carbocycles. The van der Waals surface area contributed by atoms with Crippen molar-refractivity contribution >= 4 is 11.7 Å². The molecule has 8 heteroatoms. The molecule has 1 amide bonds. The lowest BCUT2D eigenvalue weighted by Gasteiger charge is -2.28. The van der Waals surface area contributed by atoms with Gasteiger partial charge in [-0.15, -0.1) is 0 Å². The van der Waals surface area contributed by atoms with Gasteiger partial charge in [-0.3, -0.25) is 9.59 Å². The van der Waals surface area contributed by atoms with Crippen molar-refractivity contribution in [2.45, 2.75) is 26.0 Å². The molecule has 8 nitrogen and oxygen atoms in total. The van der Waals surface area contributed by atoms with Crippen molar-refractivity contribution in [3.05, 3.63) is 59.3 Å². The monoisotopic (exact) mass is 428 g/mol. The maximum atomic E-state index is 13.1. The van der Waals surface area contributed by atoms with Crippen LogP contribution in [0, 0.1) is 0 Å². The van der Waals surface area contributed by atoms with Gasteiger partial charge in [0.05, 0.1) is 31.1 Å². The van der Waals surface area contributed by atoms with Gasteiger partial charge in [0, 0.05) is 13.1 Å². The van der Waals surface area contributed by atoms with E-state index < -0.39 is 23.5 Å². The van der Waals surface area contributed by atoms with Crippen molar-refractivity contribution in [3.63, 3.8) is 0 Å². The van der Waals surface area contributed by atoms with Crippen molar-refractivity contribution in [2.24, 2.45) is 0 Å². The van der Waals surface area contributed by atoms with Gasteiger partial charge in [-0.25, -0.2) is 0 Å². The van der Waals surface area contributed by atoms with Crippen LogP contribution in [0.25, 0.3) is 0 Å². The number of amides is 1. The maximum Gasteiger partial charge on any atom is 0.290 e. The Kier molecular flexibility index (Phi) is 6.70. The number of carbonyl (C=O) groups excluding carboxylic acids is 2. The molecule has 1 aliphatic rings. The van der Waals surface area contributed by atoms with Gasteiger partial charge in [0.2, 0.25) is 5.78 Å². The molecular formula is C23H28N2O6. The van der Waals surface area contributed by atoms with Crippen LogP contribution in [0.3, 0.4) is 0 Å². The number of benzene rings is 1. The predicted octanol–water partition coefficient (Wildman–Crippen LogP) is 3.22. The molecule has 31 heavy (non-hydrogen) atoms. The first-order valence-electron chi connectivity index (χ1n) is 10.1. The number of hydrogen-bond donors (Lipinski definition) is 1. The number of Topliss-reactive ketones (excluding diaryl/α,β-unsaturated/α-hetero) is 1. The first-order chi connectivity index (χ1) is 14.7. The van der Waals surface area contributed by atoms with E-state index in [1.807, 2.05) is 32.8 Å². The maximum absolute atomic E-state index is 13.1. The Morgan fingerprint density at radius 1 is 1.26 bits per heavy atom. The summed E-state index contributed by atoms with van der Waals surface area (Å²) in [6, 6.07) is 7.55. The highest BCUT2D eigenvalue weighted by atomic mass is 16.5. The van der Waals surface area contributed by atoms with Crippen LogP contribution in [-0.2, 0) is 4.79 Å². The van der Waals surface area contributed by atoms with Crippen LogP contribution in [0.4, 0.5) is 0 Å². The third-order valence-electron chi connectivity index (χ3n) is 4.95. The molecule has 0 fully saturated rings. The van der Waals surface area contributed by atoms with E-state index in [2.05, 4.69) is 0 Å². The van der Waals surface area contributed by atoms with Gasteiger partial charge in [0.15, 0.2) is 23.0 Å². The highest BCUT2D eigenvalue weighted by molar-refractivity contribution is 6.15. The molecule has 0 bridgehead atoms. The average molecular weight is 428 g/mol. The quantitative estimate of drug-likeness (QED) is 0.613. The summed E-state index contributed by atoms with van der Waals surface area (Å²) >= 11 is 0. The molecule has 1 aliphatic heterocycles. The first-order valence-corrected chi connectivity index (χ1v) is 10.1. The van der Waals surface area contributed by atoms with Crippen LogP contribution in [0.15, 0.2) is 52.3 Å². The number of hydrogen-bond acceptors (Lipinski definition) is 7. The Balaban J connectivity index is 2.08. The van der Waals surface area contributed by atoms with Crippen LogP contribution in [0.1, 0.15) is 36.0 Å². The summed E-state index contributed by atoms with van der Waals surface area (Å²) in [4.78, 5) is 29.5. The van der Waals surface area contributed by atoms with Crippen molar-refractivity contribution in [1.29, 1.82) is 0 Å². The highest BCUT2D eigenvalue weighted by Gasteiger charge is 2.44. The van der Waals surface area contributed by atoms with E-state index in [0.29, 0.717) is 30.2 Å². The minimum absolute atomic E-state index is 0.0155. The Morgan fingerprint density at radius 2 is 2.00 bits per heavy atom. The number of carbonyl (C=O) groups is 2. The summed E-state index contributed by atoms with van der Waals surface area (Å²) in [6.45, 7) is 4.70. The SMILES string of the molecule is COc1cc(C2C(C(=O)c3ccco3)=C(O)C(=O)N2CCN(C)C)ccc1OC(C)C. The molecular weight excluding hydrogens is 400 g/mol. The fourth-order valence-electron chi connectivity index (χ4n) is 3.52. The molecule has 0 radical (unpaired) electrons. The van der Waals surface area contributed by atoms with Gasteiger partial charge < -0.3 is 28.8 Å². The molecule has 0 saturated heterocycles. The number of likely N-dealkylation sites (N-methyl/N-ethyl adjacent to an activating group) is 1. The second-order valence-electron chi connectivity index (χ2n) is 7.85. The van der Waals surface area contributed by atoms with E-state index in [9.17, 15) is 14.7 Å². The number of aliphatic hydroxyl groups excluding tert-OH is 1. The Labute approximate surface area is 181 Å². The molecule has 0 spiro atoms. The summed E-state index contributed by atoms with van der Waals surface area (Å²) in [5.41, 5.74) is 0.609. The number of methoxy groups -OCH3 is 1. The summed E-state index contributed by atoms with van der Waals surface area (Å²) in [7, 11) is 5.30. The van der Waals surface area contributed by atoms with Crippen molar-refractivity contribution < 1.29 is 28.6 Å². The molecule has 166 valence electrons. The summed E-state index contributed by atoms with van der Waals surface area (Å²) in [5.74, 6) is -0.606. The molecule has 0 saturated carbocycles. The van der Waals surface area contributed by atoms with Crippen LogP contribution >= 0.6 is 0 Å². The number of ether oxygens (including phenoxy) is 2. The van der Waals surface area contributed by atoms with Crippen molar-refractivity contribution in [2.75, 3.05) is 34.3 Å². The van der Waals surface area contributed by atoms with Crippen LogP contribution in [0.2, 0.25) is 0 Å². The van der Waals surface area contributed by atoms with Gasteiger partial charge in [-0.05, 0) is 57.8 Å². The van der Waals surface area contributed by atoms with E-state index in [1.54, 1.807) is 24.3 Å². The Bertz CT molecular complexity index is 978. The second kappa shape index (κ2) is 9.26. The average Bonchev–Trinajstić information content (AvgIpc) is 3.34. The van der Waals surface area contributed by atoms with Gasteiger partial charge in [0.1, 0.15) is 0 Å². The lowest BCUT2D eigenvalue weighted by Crippen LogP contribution is -2.36. The van der Waals surface area contributed by atoms with Gasteiger partial charge >= 0.3 is 0 Å². The number of rotatable bonds is 9. The normalized spacial score (nSPS) is 16.5. The smallest absolute Gasteiger partial charge is 0.290 e. The molecule has 1 unspecified atom stereocenters. The van der Waals surface area contributed by atoms with Gasteiger partial charge in [-0.2, -0.15) is 0 Å². The fraction of sp³-hybridized carbons (Fsp3) is 0.391. The zero-order valence-corrected chi connectivity index (χ0v) is 18.4. The topological polar surface area (TPSA) is 92.5 Å². The van der Waals surface area contributed by atoms with E-state index in [0.717, 1.165) is 0 Å².